The van der Waals surface area contributed by atoms with Crippen molar-refractivity contribution in [1.29, 1.82) is 0 Å². The van der Waals surface area contributed by atoms with Gasteiger partial charge in [0.1, 0.15) is 6.61 Å². The van der Waals surface area contributed by atoms with E-state index in [2.05, 4.69) is 30.6 Å². The van der Waals surface area contributed by atoms with E-state index in [1.165, 1.54) is 19.3 Å². The Bertz CT molecular complexity index is 194. The van der Waals surface area contributed by atoms with Gasteiger partial charge in [-0.1, -0.05) is 18.3 Å². The molecule has 2 nitrogen and oxygen atoms in total. The van der Waals surface area contributed by atoms with Crippen molar-refractivity contribution < 1.29 is 5.11 Å². The summed E-state index contributed by atoms with van der Waals surface area (Å²) in [6.45, 7) is 5.31. The van der Waals surface area contributed by atoms with Crippen LogP contribution in [-0.2, 0) is 0 Å². The molecule has 13 heavy (non-hydrogen) atoms. The maximum absolute atomic E-state index is 8.54. The Morgan fingerprint density at radius 3 is 2.38 bits per heavy atom. The predicted molar refractivity (Wildman–Crippen MR) is 54.3 cm³/mol. The molecule has 1 aliphatic rings. The molecule has 1 rings (SSSR count). The molecule has 0 aromatic carbocycles. The van der Waals surface area contributed by atoms with Gasteiger partial charge in [0, 0.05) is 12.1 Å². The highest BCUT2D eigenvalue weighted by atomic mass is 16.2. The molecular weight excluding hydrogens is 162 g/mol. The van der Waals surface area contributed by atoms with Crippen molar-refractivity contribution in [1.82, 2.24) is 4.90 Å². The monoisotopic (exact) mass is 181 g/mol. The molecule has 0 aromatic heterocycles. The number of hydrogen-bond donors (Lipinski definition) is 1. The molecule has 2 atom stereocenters. The van der Waals surface area contributed by atoms with E-state index in [0.717, 1.165) is 6.54 Å². The third-order valence-electron chi connectivity index (χ3n) is 2.84. The molecule has 1 saturated heterocycles. The molecule has 0 spiro atoms. The summed E-state index contributed by atoms with van der Waals surface area (Å²) in [5, 5.41) is 8.54. The summed E-state index contributed by atoms with van der Waals surface area (Å²) in [4.78, 5) is 2.42. The summed E-state index contributed by atoms with van der Waals surface area (Å²) < 4.78 is 0. The lowest BCUT2D eigenvalue weighted by Gasteiger charge is -2.37. The third-order valence-corrected chi connectivity index (χ3v) is 2.84. The Hall–Kier alpha value is -0.520. The van der Waals surface area contributed by atoms with Crippen molar-refractivity contribution in [2.24, 2.45) is 0 Å². The molecule has 1 fully saturated rings. The molecule has 74 valence electrons. The first-order chi connectivity index (χ1) is 6.25. The maximum atomic E-state index is 8.54. The largest absolute Gasteiger partial charge is 0.384 e. The van der Waals surface area contributed by atoms with Gasteiger partial charge < -0.3 is 5.11 Å². The maximum Gasteiger partial charge on any atom is 0.104 e. The zero-order valence-electron chi connectivity index (χ0n) is 8.58. The van der Waals surface area contributed by atoms with E-state index in [0.29, 0.717) is 12.1 Å². The van der Waals surface area contributed by atoms with Crippen molar-refractivity contribution in [3.05, 3.63) is 0 Å². The lowest BCUT2D eigenvalue weighted by Crippen LogP contribution is -2.43. The molecule has 1 N–H and O–H groups in total. The normalized spacial score (nSPS) is 29.5. The van der Waals surface area contributed by atoms with Crippen LogP contribution < -0.4 is 0 Å². The van der Waals surface area contributed by atoms with Crippen LogP contribution in [0.15, 0.2) is 0 Å². The van der Waals surface area contributed by atoms with Gasteiger partial charge in [0.15, 0.2) is 0 Å². The summed E-state index contributed by atoms with van der Waals surface area (Å²) >= 11 is 0. The van der Waals surface area contributed by atoms with E-state index < -0.39 is 0 Å². The fraction of sp³-hybridized carbons (Fsp3) is 0.818. The van der Waals surface area contributed by atoms with E-state index in [9.17, 15) is 0 Å². The van der Waals surface area contributed by atoms with Crippen LogP contribution in [-0.4, -0.2) is 35.2 Å². The van der Waals surface area contributed by atoms with E-state index >= 15 is 0 Å². The van der Waals surface area contributed by atoms with Crippen molar-refractivity contribution in [3.63, 3.8) is 0 Å². The molecule has 0 amide bonds. The minimum Gasteiger partial charge on any atom is -0.384 e. The van der Waals surface area contributed by atoms with E-state index in [1.807, 2.05) is 0 Å². The quantitative estimate of drug-likeness (QED) is 0.615. The summed E-state index contributed by atoms with van der Waals surface area (Å²) in [5.74, 6) is 5.69. The minimum absolute atomic E-state index is 0.0173. The summed E-state index contributed by atoms with van der Waals surface area (Å²) in [6.07, 6.45) is 3.91. The Kier molecular flexibility index (Phi) is 4.27. The molecule has 0 aliphatic carbocycles. The molecule has 0 saturated carbocycles. The summed E-state index contributed by atoms with van der Waals surface area (Å²) in [6, 6.07) is 1.30. The second-order valence-corrected chi connectivity index (χ2v) is 3.81. The minimum atomic E-state index is -0.0173. The highest BCUT2D eigenvalue weighted by molar-refractivity contribution is 5.02. The number of rotatable bonds is 1. The molecular formula is C11H19NO. The molecule has 0 bridgehead atoms. The molecule has 2 heteroatoms. The zero-order valence-corrected chi connectivity index (χ0v) is 8.58. The molecule has 0 radical (unpaired) electrons. The first-order valence-electron chi connectivity index (χ1n) is 5.08. The Morgan fingerprint density at radius 2 is 1.85 bits per heavy atom. The van der Waals surface area contributed by atoms with Gasteiger partial charge in [-0.3, -0.25) is 4.90 Å². The van der Waals surface area contributed by atoms with Gasteiger partial charge in [0.25, 0.3) is 0 Å². The van der Waals surface area contributed by atoms with Gasteiger partial charge in [-0.15, -0.1) is 0 Å². The van der Waals surface area contributed by atoms with Gasteiger partial charge in [0.05, 0.1) is 6.54 Å². The van der Waals surface area contributed by atoms with Crippen LogP contribution in [0.1, 0.15) is 33.1 Å². The predicted octanol–water partition coefficient (Wildman–Crippen LogP) is 1.25. The highest BCUT2D eigenvalue weighted by Gasteiger charge is 2.23. The van der Waals surface area contributed by atoms with Gasteiger partial charge in [-0.25, -0.2) is 0 Å². The smallest absolute Gasteiger partial charge is 0.104 e. The topological polar surface area (TPSA) is 23.5 Å². The van der Waals surface area contributed by atoms with Crippen molar-refractivity contribution in [3.8, 4) is 11.8 Å². The van der Waals surface area contributed by atoms with Gasteiger partial charge in [0.2, 0.25) is 0 Å². The van der Waals surface area contributed by atoms with Crippen LogP contribution in [0.5, 0.6) is 0 Å². The first-order valence-corrected chi connectivity index (χ1v) is 5.08. The number of hydrogen-bond acceptors (Lipinski definition) is 2. The van der Waals surface area contributed by atoms with Crippen LogP contribution in [0.2, 0.25) is 0 Å². The zero-order chi connectivity index (χ0) is 9.68. The van der Waals surface area contributed by atoms with Crippen LogP contribution in [0.3, 0.4) is 0 Å². The van der Waals surface area contributed by atoms with Gasteiger partial charge >= 0.3 is 0 Å². The fourth-order valence-electron chi connectivity index (χ4n) is 1.99. The molecule has 2 unspecified atom stereocenters. The van der Waals surface area contributed by atoms with E-state index in [-0.39, 0.29) is 6.61 Å². The molecule has 1 heterocycles. The third kappa shape index (κ3) is 3.02. The van der Waals surface area contributed by atoms with Crippen molar-refractivity contribution in [2.75, 3.05) is 13.2 Å². The summed E-state index contributed by atoms with van der Waals surface area (Å²) in [7, 11) is 0. The van der Waals surface area contributed by atoms with Crippen LogP contribution in [0.4, 0.5) is 0 Å². The lowest BCUT2D eigenvalue weighted by molar-refractivity contribution is 0.121. The van der Waals surface area contributed by atoms with Crippen LogP contribution in [0.25, 0.3) is 0 Å². The average molecular weight is 181 g/mol. The second-order valence-electron chi connectivity index (χ2n) is 3.81. The highest BCUT2D eigenvalue weighted by Crippen LogP contribution is 2.21. The van der Waals surface area contributed by atoms with Crippen molar-refractivity contribution >= 4 is 0 Å². The van der Waals surface area contributed by atoms with E-state index in [4.69, 9.17) is 5.11 Å². The Balaban J connectivity index is 2.44. The molecule has 1 aliphatic heterocycles. The SMILES string of the molecule is CC1CCCC(C)N1CC#CCO. The van der Waals surface area contributed by atoms with Gasteiger partial charge in [-0.05, 0) is 26.7 Å². The number of aliphatic hydroxyl groups is 1. The average Bonchev–Trinajstić information content (AvgIpc) is 2.10. The van der Waals surface area contributed by atoms with Crippen LogP contribution >= 0.6 is 0 Å². The van der Waals surface area contributed by atoms with E-state index in [1.54, 1.807) is 0 Å². The first kappa shape index (κ1) is 10.6. The van der Waals surface area contributed by atoms with Crippen LogP contribution in [0, 0.1) is 11.8 Å². The lowest BCUT2D eigenvalue weighted by atomic mass is 9.98. The summed E-state index contributed by atoms with van der Waals surface area (Å²) in [5.41, 5.74) is 0. The standard InChI is InChI=1S/C11H19NO/c1-10-6-5-7-11(2)12(10)8-3-4-9-13/h10-11,13H,5-9H2,1-2H3. The molecule has 0 aromatic rings. The Morgan fingerprint density at radius 1 is 1.23 bits per heavy atom. The van der Waals surface area contributed by atoms with Crippen molar-refractivity contribution in [2.45, 2.75) is 45.2 Å². The number of nitrogens with zero attached hydrogens (tertiary/aromatic N) is 1. The number of likely N-dealkylation sites (tertiary alicyclic amines) is 1. The number of aliphatic hydroxyl groups excluding tert-OH is 1. The fourth-order valence-corrected chi connectivity index (χ4v) is 1.99. The second kappa shape index (κ2) is 5.26. The van der Waals surface area contributed by atoms with Gasteiger partial charge in [-0.2, -0.15) is 0 Å². The Labute approximate surface area is 80.9 Å². The number of piperidine rings is 1.